The van der Waals surface area contributed by atoms with Crippen LogP contribution in [0, 0.1) is 10.1 Å². The second-order valence-corrected chi connectivity index (χ2v) is 3.80. The lowest BCUT2D eigenvalue weighted by atomic mass is 10.1. The van der Waals surface area contributed by atoms with Gasteiger partial charge in [0.15, 0.2) is 0 Å². The number of hydrogen-bond acceptors (Lipinski definition) is 4. The van der Waals surface area contributed by atoms with Crippen molar-refractivity contribution in [2.75, 3.05) is 7.11 Å². The van der Waals surface area contributed by atoms with Gasteiger partial charge < -0.3 is 4.74 Å². The van der Waals surface area contributed by atoms with E-state index in [0.717, 1.165) is 0 Å². The van der Waals surface area contributed by atoms with Crippen LogP contribution in [0.5, 0.6) is 0 Å². The number of nitrogens with zero attached hydrogens (tertiary/aromatic N) is 1. The Hall–Kier alpha value is -1.69. The molecule has 0 saturated heterocycles. The Morgan fingerprint density at radius 3 is 2.69 bits per heavy atom. The molecule has 5 nitrogen and oxygen atoms in total. The average molecular weight is 286 g/mol. The summed E-state index contributed by atoms with van der Waals surface area (Å²) in [6.07, 6.45) is 0. The summed E-state index contributed by atoms with van der Waals surface area (Å²) < 4.78 is 5.09. The summed E-state index contributed by atoms with van der Waals surface area (Å²) in [7, 11) is 1.19. The Kier molecular flexibility index (Phi) is 3.78. The van der Waals surface area contributed by atoms with Crippen molar-refractivity contribution in [1.29, 1.82) is 0 Å². The smallest absolute Gasteiger partial charge is 0.338 e. The Balaban J connectivity index is 3.30. The molecule has 0 unspecified atom stereocenters. The molecule has 16 heavy (non-hydrogen) atoms. The number of esters is 1. The van der Waals surface area contributed by atoms with Gasteiger partial charge in [-0.2, -0.15) is 0 Å². The Morgan fingerprint density at radius 1 is 1.56 bits per heavy atom. The van der Waals surface area contributed by atoms with E-state index in [1.807, 2.05) is 0 Å². The molecule has 1 aromatic carbocycles. The number of benzene rings is 1. The number of hydrogen-bond donors (Lipinski definition) is 0. The fraction of sp³-hybridized carbons (Fsp3) is 0.100. The van der Waals surface area contributed by atoms with E-state index in [-0.39, 0.29) is 16.8 Å². The van der Waals surface area contributed by atoms with Crippen LogP contribution in [0.15, 0.2) is 29.3 Å². The van der Waals surface area contributed by atoms with Gasteiger partial charge in [0.1, 0.15) is 0 Å². The lowest BCUT2D eigenvalue weighted by Gasteiger charge is -2.05. The molecule has 0 fully saturated rings. The van der Waals surface area contributed by atoms with Crippen LogP contribution in [0.2, 0.25) is 0 Å². The first-order valence-electron chi connectivity index (χ1n) is 4.19. The molecule has 0 aliphatic rings. The third kappa shape index (κ3) is 2.46. The summed E-state index contributed by atoms with van der Waals surface area (Å²) in [4.78, 5) is 21.4. The summed E-state index contributed by atoms with van der Waals surface area (Å²) in [6, 6.07) is 4.27. The van der Waals surface area contributed by atoms with Crippen LogP contribution in [-0.2, 0) is 9.53 Å². The second-order valence-electron chi connectivity index (χ2n) is 2.89. The quantitative estimate of drug-likeness (QED) is 0.370. The maximum Gasteiger partial charge on any atom is 0.338 e. The third-order valence-corrected chi connectivity index (χ3v) is 2.41. The van der Waals surface area contributed by atoms with Gasteiger partial charge in [-0.3, -0.25) is 10.1 Å². The fourth-order valence-corrected chi connectivity index (χ4v) is 1.50. The standard InChI is InChI=1S/C10H8BrNO4/c1-6(10(13)16-2)8-5-7(11)3-4-9(8)12(14)15/h3-5H,1H2,2H3. The predicted molar refractivity (Wildman–Crippen MR) is 61.8 cm³/mol. The van der Waals surface area contributed by atoms with Crippen LogP contribution in [0.4, 0.5) is 5.69 Å². The van der Waals surface area contributed by atoms with Gasteiger partial charge in [0.2, 0.25) is 0 Å². The molecule has 0 heterocycles. The van der Waals surface area contributed by atoms with Crippen molar-refractivity contribution in [3.8, 4) is 0 Å². The fourth-order valence-electron chi connectivity index (χ4n) is 1.14. The number of carbonyl (C=O) groups is 1. The van der Waals surface area contributed by atoms with Gasteiger partial charge in [0.25, 0.3) is 5.69 Å². The Labute approximate surface area is 100.0 Å². The van der Waals surface area contributed by atoms with Crippen molar-refractivity contribution in [3.05, 3.63) is 44.9 Å². The molecule has 0 N–H and O–H groups in total. The minimum atomic E-state index is -0.693. The normalized spacial score (nSPS) is 9.62. The number of rotatable bonds is 3. The van der Waals surface area contributed by atoms with Gasteiger partial charge >= 0.3 is 5.97 Å². The molecular formula is C10H8BrNO4. The number of carbonyl (C=O) groups excluding carboxylic acids is 1. The van der Waals surface area contributed by atoms with Crippen LogP contribution in [0.3, 0.4) is 0 Å². The molecule has 0 atom stereocenters. The predicted octanol–water partition coefficient (Wildman–Crippen LogP) is 2.54. The molecule has 0 amide bonds. The highest BCUT2D eigenvalue weighted by Gasteiger charge is 2.20. The van der Waals surface area contributed by atoms with E-state index in [4.69, 9.17) is 0 Å². The molecule has 0 bridgehead atoms. The molecule has 0 aliphatic carbocycles. The zero-order valence-corrected chi connectivity index (χ0v) is 9.98. The first-order chi connectivity index (χ1) is 7.47. The van der Waals surface area contributed by atoms with Gasteiger partial charge in [-0.1, -0.05) is 22.5 Å². The third-order valence-electron chi connectivity index (χ3n) is 1.91. The summed E-state index contributed by atoms with van der Waals surface area (Å²) in [5, 5.41) is 10.7. The number of nitro benzene ring substituents is 1. The lowest BCUT2D eigenvalue weighted by Crippen LogP contribution is -2.05. The van der Waals surface area contributed by atoms with Gasteiger partial charge in [-0.05, 0) is 12.1 Å². The van der Waals surface area contributed by atoms with Crippen molar-refractivity contribution in [1.82, 2.24) is 0 Å². The van der Waals surface area contributed by atoms with Crippen molar-refractivity contribution in [3.63, 3.8) is 0 Å². The molecule has 0 radical (unpaired) electrons. The van der Waals surface area contributed by atoms with E-state index in [0.29, 0.717) is 4.47 Å². The highest BCUT2D eigenvalue weighted by molar-refractivity contribution is 9.10. The molecule has 6 heteroatoms. The number of halogens is 1. The largest absolute Gasteiger partial charge is 0.465 e. The molecular weight excluding hydrogens is 278 g/mol. The summed E-state index contributed by atoms with van der Waals surface area (Å²) in [5.41, 5.74) is -0.0830. The SMILES string of the molecule is C=C(C(=O)OC)c1cc(Br)ccc1[N+](=O)[O-]. The van der Waals surface area contributed by atoms with Gasteiger partial charge in [-0.25, -0.2) is 4.79 Å². The summed E-state index contributed by atoms with van der Waals surface area (Å²) in [6.45, 7) is 3.48. The van der Waals surface area contributed by atoms with Gasteiger partial charge in [-0.15, -0.1) is 0 Å². The minimum Gasteiger partial charge on any atom is -0.465 e. The second kappa shape index (κ2) is 4.89. The van der Waals surface area contributed by atoms with Crippen molar-refractivity contribution >= 4 is 33.2 Å². The van der Waals surface area contributed by atoms with Crippen LogP contribution >= 0.6 is 15.9 Å². The van der Waals surface area contributed by atoms with E-state index >= 15 is 0 Å². The van der Waals surface area contributed by atoms with Gasteiger partial charge in [0, 0.05) is 10.5 Å². The molecule has 0 aliphatic heterocycles. The van der Waals surface area contributed by atoms with Crippen molar-refractivity contribution in [2.45, 2.75) is 0 Å². The topological polar surface area (TPSA) is 69.4 Å². The van der Waals surface area contributed by atoms with E-state index in [2.05, 4.69) is 27.2 Å². The Morgan fingerprint density at radius 2 is 2.19 bits per heavy atom. The molecule has 0 spiro atoms. The highest BCUT2D eigenvalue weighted by Crippen LogP contribution is 2.28. The lowest BCUT2D eigenvalue weighted by molar-refractivity contribution is -0.385. The highest BCUT2D eigenvalue weighted by atomic mass is 79.9. The maximum absolute atomic E-state index is 11.2. The molecule has 84 valence electrons. The molecule has 0 aromatic heterocycles. The monoisotopic (exact) mass is 285 g/mol. The van der Waals surface area contributed by atoms with E-state index < -0.39 is 10.9 Å². The van der Waals surface area contributed by atoms with Gasteiger partial charge in [0.05, 0.1) is 23.2 Å². The minimum absolute atomic E-state index is 0.0458. The maximum atomic E-state index is 11.2. The average Bonchev–Trinajstić information content (AvgIpc) is 2.26. The number of ether oxygens (including phenoxy) is 1. The van der Waals surface area contributed by atoms with Crippen LogP contribution in [0.25, 0.3) is 5.57 Å². The summed E-state index contributed by atoms with van der Waals surface area (Å²) in [5.74, 6) is -0.693. The zero-order chi connectivity index (χ0) is 12.3. The van der Waals surface area contributed by atoms with Crippen LogP contribution < -0.4 is 0 Å². The first kappa shape index (κ1) is 12.4. The van der Waals surface area contributed by atoms with E-state index in [9.17, 15) is 14.9 Å². The summed E-state index contributed by atoms with van der Waals surface area (Å²) >= 11 is 3.17. The van der Waals surface area contributed by atoms with Crippen molar-refractivity contribution < 1.29 is 14.5 Å². The molecule has 1 aromatic rings. The number of nitro groups is 1. The zero-order valence-electron chi connectivity index (χ0n) is 8.40. The van der Waals surface area contributed by atoms with E-state index in [1.54, 1.807) is 0 Å². The van der Waals surface area contributed by atoms with Crippen LogP contribution in [-0.4, -0.2) is 18.0 Å². The first-order valence-corrected chi connectivity index (χ1v) is 4.98. The van der Waals surface area contributed by atoms with E-state index in [1.165, 1.54) is 25.3 Å². The molecule has 1 rings (SSSR count). The van der Waals surface area contributed by atoms with Crippen molar-refractivity contribution in [2.24, 2.45) is 0 Å². The Bertz CT molecular complexity index is 470. The molecule has 0 saturated carbocycles. The number of methoxy groups -OCH3 is 1. The van der Waals surface area contributed by atoms with Crippen LogP contribution in [0.1, 0.15) is 5.56 Å².